The average Bonchev–Trinajstić information content (AvgIpc) is 1.00. The predicted molar refractivity (Wildman–Crippen MR) is 10.1 cm³/mol. The van der Waals surface area contributed by atoms with Gasteiger partial charge in [0.1, 0.15) is 9.12 Å². The van der Waals surface area contributed by atoms with E-state index in [1.165, 1.54) is 0 Å². The van der Waals surface area contributed by atoms with Crippen LogP contribution in [0.3, 0.4) is 0 Å². The minimum atomic E-state index is 0. The first-order valence-corrected chi connectivity index (χ1v) is 0.612. The zero-order valence-electron chi connectivity index (χ0n) is 3.22. The molecule has 0 saturated heterocycles. The summed E-state index contributed by atoms with van der Waals surface area (Å²) in [6, 6.07) is 0. The summed E-state index contributed by atoms with van der Waals surface area (Å²) in [4.78, 5) is 0. The topological polar surface area (TPSA) is 17.1 Å². The Labute approximate surface area is 50.7 Å². The maximum absolute atomic E-state index is 8.06. The molecule has 0 aliphatic carbocycles. The molecule has 0 N–H and O–H groups in total. The van der Waals surface area contributed by atoms with E-state index < -0.39 is 0 Å². The fraction of sp³-hybridized carbons (Fsp3) is 0. The van der Waals surface area contributed by atoms with Crippen LogP contribution in [0.4, 0.5) is 0 Å². The summed E-state index contributed by atoms with van der Waals surface area (Å²) >= 11 is 0. The van der Waals surface area contributed by atoms with E-state index in [-0.39, 0.29) is 36.8 Å². The van der Waals surface area contributed by atoms with Gasteiger partial charge >= 0.3 is 18.9 Å². The van der Waals surface area contributed by atoms with Crippen molar-refractivity contribution < 1.29 is 41.3 Å². The van der Waals surface area contributed by atoms with Crippen molar-refractivity contribution in [3.05, 3.63) is 0 Å². The van der Waals surface area contributed by atoms with Gasteiger partial charge in [0.05, 0.1) is 0 Å². The SMILES string of the molecule is O=P.[H-].[Li+].[Ni]. The van der Waals surface area contributed by atoms with E-state index >= 15 is 0 Å². The normalized spacial score (nSPS) is 1.00. The third-order valence-electron chi connectivity index (χ3n) is 0. The summed E-state index contributed by atoms with van der Waals surface area (Å²) in [6.45, 7) is 0. The van der Waals surface area contributed by atoms with Crippen LogP contribution in [0.15, 0.2) is 0 Å². The van der Waals surface area contributed by atoms with Gasteiger partial charge < -0.3 is 1.43 Å². The molecule has 0 fully saturated rings. The molecule has 0 amide bonds. The molecule has 4 heavy (non-hydrogen) atoms. The van der Waals surface area contributed by atoms with E-state index in [0.29, 0.717) is 0 Å². The predicted octanol–water partition coefficient (Wildman–Crippen LogP) is -2.41. The molecule has 0 aromatic heterocycles. The van der Waals surface area contributed by atoms with Crippen LogP contribution in [0.2, 0.25) is 0 Å². The van der Waals surface area contributed by atoms with E-state index in [1.54, 1.807) is 9.12 Å². The summed E-state index contributed by atoms with van der Waals surface area (Å²) < 4.78 is 8.06. The standard InChI is InChI=1S/Li.Ni.HOP.H/c;;1-2;/h;;2H;/q+1;;;-1. The third-order valence-corrected chi connectivity index (χ3v) is 0. The maximum atomic E-state index is 8.06. The van der Waals surface area contributed by atoms with Crippen molar-refractivity contribution in [3.8, 4) is 0 Å². The van der Waals surface area contributed by atoms with Crippen molar-refractivity contribution in [3.63, 3.8) is 0 Å². The number of hydrogen-bond acceptors (Lipinski definition) is 1. The Kier molecular flexibility index (Phi) is 143. The van der Waals surface area contributed by atoms with Gasteiger partial charge in [0.2, 0.25) is 0 Å². The van der Waals surface area contributed by atoms with Crippen molar-refractivity contribution in [2.75, 3.05) is 0 Å². The molecule has 0 unspecified atom stereocenters. The third kappa shape index (κ3) is 10.8. The Morgan fingerprint density at radius 1 is 1.50 bits per heavy atom. The van der Waals surface area contributed by atoms with Crippen LogP contribution in [0, 0.1) is 0 Å². The summed E-state index contributed by atoms with van der Waals surface area (Å²) in [7, 11) is 1.72. The Morgan fingerprint density at radius 2 is 1.50 bits per heavy atom. The first-order chi connectivity index (χ1) is 1.00. The van der Waals surface area contributed by atoms with Gasteiger partial charge in [0.15, 0.2) is 0 Å². The molecule has 4 heteroatoms. The summed E-state index contributed by atoms with van der Waals surface area (Å²) in [5.41, 5.74) is 0. The fourth-order valence-corrected chi connectivity index (χ4v) is 0. The van der Waals surface area contributed by atoms with Crippen molar-refractivity contribution in [1.29, 1.82) is 0 Å². The van der Waals surface area contributed by atoms with Crippen LogP contribution in [0.5, 0.6) is 0 Å². The van der Waals surface area contributed by atoms with Gasteiger partial charge in [-0.15, -0.1) is 0 Å². The first-order valence-electron chi connectivity index (χ1n) is 0.204. The molecule has 0 aliphatic rings. The molecule has 0 aromatic rings. The van der Waals surface area contributed by atoms with Crippen molar-refractivity contribution in [2.45, 2.75) is 0 Å². The van der Waals surface area contributed by atoms with Crippen LogP contribution in [0.1, 0.15) is 1.43 Å². The van der Waals surface area contributed by atoms with Crippen molar-refractivity contribution in [2.24, 2.45) is 0 Å². The molecule has 1 nitrogen and oxygen atoms in total. The molecule has 0 aliphatic heterocycles. The molecule has 0 radical (unpaired) electrons. The van der Waals surface area contributed by atoms with Crippen LogP contribution in [0.25, 0.3) is 0 Å². The molecule has 0 bridgehead atoms. The van der Waals surface area contributed by atoms with E-state index in [9.17, 15) is 0 Å². The van der Waals surface area contributed by atoms with Gasteiger partial charge in [0.25, 0.3) is 0 Å². The summed E-state index contributed by atoms with van der Waals surface area (Å²) in [5, 5.41) is 0. The van der Waals surface area contributed by atoms with E-state index in [2.05, 4.69) is 0 Å². The number of rotatable bonds is 0. The largest absolute Gasteiger partial charge is 1.00 e. The van der Waals surface area contributed by atoms with Gasteiger partial charge in [-0.2, -0.15) is 0 Å². The van der Waals surface area contributed by atoms with Crippen LogP contribution in [-0.2, 0) is 21.1 Å². The summed E-state index contributed by atoms with van der Waals surface area (Å²) in [5.74, 6) is 0. The molecule has 0 heterocycles. The average molecular weight is 115 g/mol. The van der Waals surface area contributed by atoms with Crippen LogP contribution >= 0.6 is 9.12 Å². The van der Waals surface area contributed by atoms with E-state index in [4.69, 9.17) is 4.57 Å². The zero-order chi connectivity index (χ0) is 2.00. The Bertz CT molecular complexity index is 11.6. The Balaban J connectivity index is -0.00000000167. The minimum absolute atomic E-state index is 0. The molecule has 0 saturated carbocycles. The molecular formula is H2LiNiOP. The van der Waals surface area contributed by atoms with Crippen molar-refractivity contribution >= 4 is 9.12 Å². The maximum Gasteiger partial charge on any atom is 1.00 e. The van der Waals surface area contributed by atoms with Gasteiger partial charge in [-0.3, -0.25) is 4.57 Å². The Morgan fingerprint density at radius 3 is 1.50 bits per heavy atom. The van der Waals surface area contributed by atoms with Gasteiger partial charge in [-0.1, -0.05) is 0 Å². The second-order valence-corrected chi connectivity index (χ2v) is 0. The summed E-state index contributed by atoms with van der Waals surface area (Å²) in [6.07, 6.45) is 0. The van der Waals surface area contributed by atoms with Crippen molar-refractivity contribution in [1.82, 2.24) is 0 Å². The van der Waals surface area contributed by atoms with Gasteiger partial charge in [-0.05, 0) is 0 Å². The van der Waals surface area contributed by atoms with Crippen LogP contribution < -0.4 is 18.9 Å². The fourth-order valence-electron chi connectivity index (χ4n) is 0. The van der Waals surface area contributed by atoms with E-state index in [0.717, 1.165) is 0 Å². The quantitative estimate of drug-likeness (QED) is 0.253. The zero-order valence-corrected chi connectivity index (χ0v) is 4.21. The molecule has 0 spiro atoms. The van der Waals surface area contributed by atoms with Crippen LogP contribution in [-0.4, -0.2) is 0 Å². The second kappa shape index (κ2) is 30.1. The van der Waals surface area contributed by atoms with Gasteiger partial charge in [-0.25, -0.2) is 0 Å². The second-order valence-electron chi connectivity index (χ2n) is 0. The molecule has 24 valence electrons. The molecular weight excluding hydrogens is 113 g/mol. The number of hydrogen-bond donors (Lipinski definition) is 0. The molecule has 0 atom stereocenters. The van der Waals surface area contributed by atoms with E-state index in [1.807, 2.05) is 0 Å². The minimum Gasteiger partial charge on any atom is -1.00 e. The molecule has 0 aromatic carbocycles. The first kappa shape index (κ1) is 19.0. The Hall–Kier alpha value is 1.19. The van der Waals surface area contributed by atoms with Gasteiger partial charge in [0, 0.05) is 16.5 Å². The molecule has 0 rings (SSSR count). The monoisotopic (exact) mass is 114 g/mol. The smallest absolute Gasteiger partial charge is 1.00 e.